The number of nitrogens with one attached hydrogen (secondary N) is 3. The van der Waals surface area contributed by atoms with Crippen molar-refractivity contribution >= 4 is 17.9 Å². The van der Waals surface area contributed by atoms with Gasteiger partial charge in [0, 0.05) is 19.2 Å². The van der Waals surface area contributed by atoms with Gasteiger partial charge in [-0.2, -0.15) is 0 Å². The van der Waals surface area contributed by atoms with Crippen molar-refractivity contribution in [3.63, 3.8) is 0 Å². The van der Waals surface area contributed by atoms with E-state index in [2.05, 4.69) is 25.9 Å². The molecule has 0 saturated heterocycles. The number of carbonyl (C=O) groups is 3. The fraction of sp³-hybridized carbons (Fsp3) is 0.240. The predicted molar refractivity (Wildman–Crippen MR) is 130 cm³/mol. The highest BCUT2D eigenvalue weighted by molar-refractivity contribution is 5.97. The Balaban J connectivity index is 1.58. The Kier molecular flexibility index (Phi) is 8.39. The lowest BCUT2D eigenvalue weighted by Crippen LogP contribution is -2.47. The number of aromatic nitrogens is 2. The van der Waals surface area contributed by atoms with E-state index in [1.807, 2.05) is 18.2 Å². The van der Waals surface area contributed by atoms with Crippen LogP contribution >= 0.6 is 0 Å². The molecule has 36 heavy (non-hydrogen) atoms. The van der Waals surface area contributed by atoms with Crippen LogP contribution in [-0.4, -0.2) is 45.8 Å². The molecule has 0 aliphatic carbocycles. The maximum atomic E-state index is 12.6. The monoisotopic (exact) mass is 493 g/mol. The summed E-state index contributed by atoms with van der Waals surface area (Å²) in [7, 11) is 1.57. The third kappa shape index (κ3) is 7.69. The van der Waals surface area contributed by atoms with Gasteiger partial charge >= 0.3 is 6.09 Å². The lowest BCUT2D eigenvalue weighted by Gasteiger charge is -2.26. The van der Waals surface area contributed by atoms with Gasteiger partial charge in [-0.25, -0.2) is 14.8 Å². The minimum atomic E-state index is -1.21. The maximum Gasteiger partial charge on any atom is 0.407 e. The van der Waals surface area contributed by atoms with Gasteiger partial charge in [0.25, 0.3) is 11.8 Å². The molecule has 0 fully saturated rings. The Morgan fingerprint density at radius 3 is 1.92 bits per heavy atom. The zero-order valence-corrected chi connectivity index (χ0v) is 20.1. The summed E-state index contributed by atoms with van der Waals surface area (Å²) in [4.78, 5) is 44.0. The van der Waals surface area contributed by atoms with Gasteiger partial charge < -0.3 is 25.2 Å². The molecule has 0 bridgehead atoms. The molecule has 0 atom stereocenters. The van der Waals surface area contributed by atoms with Crippen LogP contribution in [0, 0.1) is 0 Å². The lowest BCUT2D eigenvalue weighted by atomic mass is 10.2. The van der Waals surface area contributed by atoms with Crippen LogP contribution in [0.1, 0.15) is 46.0 Å². The van der Waals surface area contributed by atoms with Crippen molar-refractivity contribution in [2.75, 3.05) is 7.11 Å². The fourth-order valence-electron chi connectivity index (χ4n) is 3.23. The highest BCUT2D eigenvalue weighted by Crippen LogP contribution is 2.18. The summed E-state index contributed by atoms with van der Waals surface area (Å²) in [5.74, 6) is 0.174. The van der Waals surface area contributed by atoms with Crippen LogP contribution in [0.4, 0.5) is 4.79 Å². The molecule has 1 heterocycles. The summed E-state index contributed by atoms with van der Waals surface area (Å²) >= 11 is 0. The first-order valence-corrected chi connectivity index (χ1v) is 11.0. The minimum Gasteiger partial charge on any atom is -0.497 e. The molecule has 3 aromatic rings. The fourth-order valence-corrected chi connectivity index (χ4v) is 3.23. The summed E-state index contributed by atoms with van der Waals surface area (Å²) in [6, 6.07) is 15.5. The number of methoxy groups -OCH3 is 1. The molecule has 1 aromatic heterocycles. The van der Waals surface area contributed by atoms with E-state index in [9.17, 15) is 14.4 Å². The van der Waals surface area contributed by atoms with Gasteiger partial charge in [-0.15, -0.1) is 0 Å². The Morgan fingerprint density at radius 2 is 1.39 bits per heavy atom. The van der Waals surface area contributed by atoms with E-state index in [4.69, 9.17) is 14.6 Å². The lowest BCUT2D eigenvalue weighted by molar-refractivity contribution is 0.0692. The molecule has 188 valence electrons. The van der Waals surface area contributed by atoms with Gasteiger partial charge in [-0.1, -0.05) is 24.3 Å². The molecule has 2 aromatic carbocycles. The molecule has 0 unspecified atom stereocenters. The third-order valence-electron chi connectivity index (χ3n) is 4.85. The van der Waals surface area contributed by atoms with E-state index in [1.54, 1.807) is 51.3 Å². The van der Waals surface area contributed by atoms with Crippen molar-refractivity contribution in [1.82, 2.24) is 25.9 Å². The molecule has 4 N–H and O–H groups in total. The number of amides is 3. The van der Waals surface area contributed by atoms with Crippen molar-refractivity contribution in [3.05, 3.63) is 83.4 Å². The largest absolute Gasteiger partial charge is 0.497 e. The first-order valence-electron chi connectivity index (χ1n) is 11.0. The maximum absolute atomic E-state index is 12.6. The number of ether oxygens (including phenoxy) is 2. The average Bonchev–Trinajstić information content (AvgIpc) is 2.85. The number of hydrogen-bond acceptors (Lipinski definition) is 7. The van der Waals surface area contributed by atoms with Gasteiger partial charge in [0.15, 0.2) is 5.72 Å². The van der Waals surface area contributed by atoms with Crippen LogP contribution in [0.5, 0.6) is 11.5 Å². The van der Waals surface area contributed by atoms with Crippen LogP contribution in [0.15, 0.2) is 60.9 Å². The molecule has 0 radical (unpaired) electrons. The molecule has 3 rings (SSSR count). The van der Waals surface area contributed by atoms with Gasteiger partial charge in [0.2, 0.25) is 0 Å². The predicted octanol–water partition coefficient (Wildman–Crippen LogP) is 2.73. The normalized spacial score (nSPS) is 10.8. The first kappa shape index (κ1) is 25.9. The standard InChI is InChI=1S/C25H27N5O6/c1-25(2,30-24(33)34)36-19-9-5-7-17(11-19)14-27-23(32)21-12-20(28-15-29-21)22(31)26-13-16-6-4-8-18(10-16)35-3/h4-12,15,30H,13-14H2,1-3H3,(H,26,31)(H,27,32)(H,33,34). The third-order valence-corrected chi connectivity index (χ3v) is 4.85. The number of nitrogens with zero attached hydrogens (tertiary/aromatic N) is 2. The average molecular weight is 494 g/mol. The molecule has 3 amide bonds. The summed E-state index contributed by atoms with van der Waals surface area (Å²) in [5.41, 5.74) is 0.524. The molecule has 11 heteroatoms. The van der Waals surface area contributed by atoms with E-state index in [1.165, 1.54) is 6.07 Å². The zero-order valence-electron chi connectivity index (χ0n) is 20.1. The van der Waals surface area contributed by atoms with Crippen LogP contribution in [0.2, 0.25) is 0 Å². The number of rotatable bonds is 10. The highest BCUT2D eigenvalue weighted by atomic mass is 16.5. The van der Waals surface area contributed by atoms with Gasteiger partial charge in [-0.3, -0.25) is 14.9 Å². The summed E-state index contributed by atoms with van der Waals surface area (Å²) in [6.45, 7) is 3.58. The van der Waals surface area contributed by atoms with Crippen molar-refractivity contribution in [2.24, 2.45) is 0 Å². The zero-order chi connectivity index (χ0) is 26.1. The van der Waals surface area contributed by atoms with Crippen LogP contribution in [0.25, 0.3) is 0 Å². The van der Waals surface area contributed by atoms with E-state index in [0.29, 0.717) is 11.5 Å². The highest BCUT2D eigenvalue weighted by Gasteiger charge is 2.22. The smallest absolute Gasteiger partial charge is 0.407 e. The van der Waals surface area contributed by atoms with Gasteiger partial charge in [0.1, 0.15) is 29.2 Å². The molecule has 11 nitrogen and oxygen atoms in total. The van der Waals surface area contributed by atoms with E-state index in [0.717, 1.165) is 17.5 Å². The quantitative estimate of drug-likeness (QED) is 0.315. The van der Waals surface area contributed by atoms with E-state index >= 15 is 0 Å². The summed E-state index contributed by atoms with van der Waals surface area (Å²) < 4.78 is 10.9. The van der Waals surface area contributed by atoms with Crippen LogP contribution < -0.4 is 25.4 Å². The van der Waals surface area contributed by atoms with Crippen molar-refractivity contribution in [3.8, 4) is 11.5 Å². The Hall–Kier alpha value is -4.67. The molecule has 0 saturated carbocycles. The second-order valence-corrected chi connectivity index (χ2v) is 8.20. The molecular formula is C25H27N5O6. The van der Waals surface area contributed by atoms with Crippen LogP contribution in [-0.2, 0) is 13.1 Å². The summed E-state index contributed by atoms with van der Waals surface area (Å²) in [6.07, 6.45) is -0.0527. The van der Waals surface area contributed by atoms with E-state index < -0.39 is 23.6 Å². The van der Waals surface area contributed by atoms with Crippen molar-refractivity contribution in [1.29, 1.82) is 0 Å². The van der Waals surface area contributed by atoms with Crippen molar-refractivity contribution < 1.29 is 29.0 Å². The Bertz CT molecular complexity index is 1250. The first-order chi connectivity index (χ1) is 17.1. The Morgan fingerprint density at radius 1 is 0.861 bits per heavy atom. The number of benzene rings is 2. The van der Waals surface area contributed by atoms with Gasteiger partial charge in [-0.05, 0) is 49.2 Å². The molecular weight excluding hydrogens is 466 g/mol. The number of carbonyl (C=O) groups excluding carboxylic acids is 2. The topological polar surface area (TPSA) is 152 Å². The second-order valence-electron chi connectivity index (χ2n) is 8.20. The molecule has 0 aliphatic rings. The summed E-state index contributed by atoms with van der Waals surface area (Å²) in [5, 5.41) is 16.7. The molecule has 0 aliphatic heterocycles. The van der Waals surface area contributed by atoms with Crippen LogP contribution in [0.3, 0.4) is 0 Å². The minimum absolute atomic E-state index is 0.0377. The van der Waals surface area contributed by atoms with Gasteiger partial charge in [0.05, 0.1) is 7.11 Å². The van der Waals surface area contributed by atoms with E-state index in [-0.39, 0.29) is 24.5 Å². The number of hydrogen-bond donors (Lipinski definition) is 4. The van der Waals surface area contributed by atoms with Crippen molar-refractivity contribution in [2.45, 2.75) is 32.7 Å². The number of carboxylic acid groups (broad SMARTS) is 1. The SMILES string of the molecule is COc1cccc(CNC(=O)c2cc(C(=O)NCc3cccc(OC(C)(C)NC(=O)O)c3)ncn2)c1. The molecule has 0 spiro atoms. The second kappa shape index (κ2) is 11.6. The Labute approximate surface area is 207 Å².